The van der Waals surface area contributed by atoms with E-state index in [4.69, 9.17) is 11.6 Å². The zero-order valence-electron chi connectivity index (χ0n) is 15.9. The van der Waals surface area contributed by atoms with Crippen LogP contribution in [0.1, 0.15) is 16.1 Å². The van der Waals surface area contributed by atoms with Crippen molar-refractivity contribution in [2.24, 2.45) is 0 Å². The summed E-state index contributed by atoms with van der Waals surface area (Å²) >= 11 is 6.16. The lowest BCUT2D eigenvalue weighted by molar-refractivity contribution is 0.0697. The van der Waals surface area contributed by atoms with Crippen LogP contribution in [0.2, 0.25) is 5.15 Å². The van der Waals surface area contributed by atoms with Crippen molar-refractivity contribution in [1.82, 2.24) is 4.98 Å². The average Bonchev–Trinajstić information content (AvgIpc) is 2.74. The van der Waals surface area contributed by atoms with Gasteiger partial charge < -0.3 is 9.83 Å². The van der Waals surface area contributed by atoms with Crippen molar-refractivity contribution in [2.45, 2.75) is 11.8 Å². The van der Waals surface area contributed by atoms with Crippen LogP contribution >= 0.6 is 11.6 Å². The molecule has 0 aliphatic rings. The maximum Gasteiger partial charge on any atom is 0.335 e. The molecule has 2 N–H and O–H groups in total. The number of fused-ring (bicyclic) bond motifs is 1. The van der Waals surface area contributed by atoms with Crippen LogP contribution in [0, 0.1) is 6.92 Å². The highest BCUT2D eigenvalue weighted by atomic mass is 35.5. The number of carbonyl (C=O) groups is 1. The van der Waals surface area contributed by atoms with Gasteiger partial charge in [-0.15, -0.1) is 0 Å². The highest BCUT2D eigenvalue weighted by Gasteiger charge is 2.14. The number of halogens is 1. The minimum Gasteiger partial charge on any atom is -0.478 e. The van der Waals surface area contributed by atoms with Gasteiger partial charge in [-0.2, -0.15) is 0 Å². The van der Waals surface area contributed by atoms with E-state index in [0.717, 1.165) is 27.6 Å². The van der Waals surface area contributed by atoms with Crippen molar-refractivity contribution >= 4 is 45.0 Å². The molecule has 7 heteroatoms. The van der Waals surface area contributed by atoms with Gasteiger partial charge in [0.2, 0.25) is 0 Å². The molecule has 150 valence electrons. The summed E-state index contributed by atoms with van der Waals surface area (Å²) in [6.07, 6.45) is 0. The lowest BCUT2D eigenvalue weighted by Crippen LogP contribution is -2.07. The third kappa shape index (κ3) is 3.92. The zero-order valence-corrected chi connectivity index (χ0v) is 17.5. The normalized spacial score (nSPS) is 11.9. The third-order valence-corrected chi connectivity index (χ3v) is 6.24. The van der Waals surface area contributed by atoms with Gasteiger partial charge in [0.1, 0.15) is 5.15 Å². The highest BCUT2D eigenvalue weighted by Crippen LogP contribution is 2.34. The number of aromatic nitrogens is 1. The zero-order chi connectivity index (χ0) is 21.3. The maximum absolute atomic E-state index is 12.9. The van der Waals surface area contributed by atoms with E-state index >= 15 is 0 Å². The fraction of sp³-hybridized carbons (Fsp3) is 0.0435. The summed E-state index contributed by atoms with van der Waals surface area (Å²) in [6.45, 7) is 1.82. The van der Waals surface area contributed by atoms with Crippen LogP contribution in [0.3, 0.4) is 0 Å². The Bertz CT molecular complexity index is 1310. The van der Waals surface area contributed by atoms with E-state index in [1.165, 1.54) is 0 Å². The molecule has 1 aromatic heterocycles. The summed E-state index contributed by atoms with van der Waals surface area (Å²) in [5, 5.41) is 11.3. The van der Waals surface area contributed by atoms with Gasteiger partial charge >= 0.3 is 5.97 Å². The van der Waals surface area contributed by atoms with Crippen molar-refractivity contribution in [3.8, 4) is 11.1 Å². The summed E-state index contributed by atoms with van der Waals surface area (Å²) < 4.78 is 15.9. The maximum atomic E-state index is 12.9. The van der Waals surface area contributed by atoms with E-state index in [1.54, 1.807) is 30.3 Å². The number of aromatic carboxylic acids is 1. The molecule has 0 fully saturated rings. The van der Waals surface area contributed by atoms with Gasteiger partial charge in [0.05, 0.1) is 16.1 Å². The predicted molar refractivity (Wildman–Crippen MR) is 120 cm³/mol. The smallest absolute Gasteiger partial charge is 0.335 e. The van der Waals surface area contributed by atoms with E-state index in [9.17, 15) is 14.1 Å². The van der Waals surface area contributed by atoms with Crippen LogP contribution in [0.15, 0.2) is 77.7 Å². The molecule has 5 nitrogen and oxygen atoms in total. The molecular formula is C23H17ClN2O3S. The Morgan fingerprint density at radius 3 is 2.50 bits per heavy atom. The van der Waals surface area contributed by atoms with E-state index in [2.05, 4.69) is 9.71 Å². The van der Waals surface area contributed by atoms with Crippen molar-refractivity contribution in [1.29, 1.82) is 0 Å². The minimum absolute atomic E-state index is 0.201. The van der Waals surface area contributed by atoms with Gasteiger partial charge in [-0.25, -0.2) is 14.0 Å². The van der Waals surface area contributed by atoms with Gasteiger partial charge in [0.15, 0.2) is 11.0 Å². The number of rotatable bonds is 5. The van der Waals surface area contributed by atoms with Gasteiger partial charge in [0.25, 0.3) is 0 Å². The van der Waals surface area contributed by atoms with Crippen molar-refractivity contribution in [2.75, 3.05) is 4.72 Å². The molecule has 1 heterocycles. The Kier molecular flexibility index (Phi) is 5.53. The van der Waals surface area contributed by atoms with Crippen LogP contribution in [0.5, 0.6) is 0 Å². The second-order valence-electron chi connectivity index (χ2n) is 6.70. The Hall–Kier alpha value is -3.22. The number of aryl methyl sites for hydroxylation is 1. The molecule has 0 saturated carbocycles. The number of nitrogens with zero attached hydrogens (tertiary/aromatic N) is 1. The number of nitrogens with one attached hydrogen (secondary N) is 1. The second-order valence-corrected chi connectivity index (χ2v) is 8.24. The molecule has 3 aromatic carbocycles. The molecule has 0 spiro atoms. The topological polar surface area (TPSA) is 79.3 Å². The van der Waals surface area contributed by atoms with Gasteiger partial charge in [-0.3, -0.25) is 0 Å². The molecule has 0 aliphatic carbocycles. The molecule has 0 saturated heterocycles. The van der Waals surface area contributed by atoms with Crippen LogP contribution in [0.25, 0.3) is 21.9 Å². The van der Waals surface area contributed by atoms with Crippen molar-refractivity contribution in [3.63, 3.8) is 0 Å². The first-order valence-electron chi connectivity index (χ1n) is 9.11. The fourth-order valence-corrected chi connectivity index (χ4v) is 4.55. The summed E-state index contributed by atoms with van der Waals surface area (Å²) in [7, 11) is -1.59. The molecule has 0 radical (unpaired) electrons. The summed E-state index contributed by atoms with van der Waals surface area (Å²) in [4.78, 5) is 15.9. The number of benzene rings is 3. The van der Waals surface area contributed by atoms with E-state index in [0.29, 0.717) is 10.6 Å². The number of pyridine rings is 1. The third-order valence-electron chi connectivity index (χ3n) is 4.70. The first-order chi connectivity index (χ1) is 14.4. The summed E-state index contributed by atoms with van der Waals surface area (Å²) in [5.74, 6) is -0.974. The van der Waals surface area contributed by atoms with Crippen LogP contribution in [-0.2, 0) is 11.0 Å². The lowest BCUT2D eigenvalue weighted by Gasteiger charge is -2.14. The number of anilines is 1. The number of hydrogen-bond acceptors (Lipinski definition) is 3. The summed E-state index contributed by atoms with van der Waals surface area (Å²) in [6, 6.07) is 21.7. The van der Waals surface area contributed by atoms with E-state index in [-0.39, 0.29) is 10.7 Å². The minimum atomic E-state index is -1.59. The molecule has 1 unspecified atom stereocenters. The molecule has 0 bridgehead atoms. The Morgan fingerprint density at radius 1 is 1.00 bits per heavy atom. The quantitative estimate of drug-likeness (QED) is 0.393. The van der Waals surface area contributed by atoms with Crippen molar-refractivity contribution in [3.05, 3.63) is 89.2 Å². The number of carboxylic acid groups (broad SMARTS) is 1. The molecule has 4 aromatic rings. The van der Waals surface area contributed by atoms with E-state index < -0.39 is 17.0 Å². The first-order valence-corrected chi connectivity index (χ1v) is 10.6. The molecular weight excluding hydrogens is 420 g/mol. The Balaban J connectivity index is 1.77. The molecule has 0 amide bonds. The molecule has 1 atom stereocenters. The largest absolute Gasteiger partial charge is 0.478 e. The number of hydrogen-bond donors (Lipinski definition) is 2. The monoisotopic (exact) mass is 436 g/mol. The average molecular weight is 437 g/mol. The second kappa shape index (κ2) is 8.26. The van der Waals surface area contributed by atoms with Crippen LogP contribution < -0.4 is 4.72 Å². The standard InChI is InChI=1S/C23H17ClN2O3S/c1-14-9-12-21(22(24)25-14)30(29)26-20-11-10-17(18-7-2-3-8-19(18)20)15-5-4-6-16(13-15)23(27)28/h2-13,26H,1H3,(H,27,28). The molecule has 4 rings (SSSR count). The Labute approximate surface area is 180 Å². The van der Waals surface area contributed by atoms with E-state index in [1.807, 2.05) is 49.4 Å². The summed E-state index contributed by atoms with van der Waals surface area (Å²) in [5.41, 5.74) is 3.34. The van der Waals surface area contributed by atoms with Gasteiger partial charge in [-0.1, -0.05) is 54.1 Å². The number of carboxylic acids is 1. The highest BCUT2D eigenvalue weighted by molar-refractivity contribution is 7.86. The molecule has 30 heavy (non-hydrogen) atoms. The van der Waals surface area contributed by atoms with Gasteiger partial charge in [0, 0.05) is 11.1 Å². The van der Waals surface area contributed by atoms with Gasteiger partial charge in [-0.05, 0) is 53.8 Å². The van der Waals surface area contributed by atoms with Crippen LogP contribution in [-0.4, -0.2) is 20.3 Å². The Morgan fingerprint density at radius 2 is 1.77 bits per heavy atom. The first kappa shape index (κ1) is 20.1. The lowest BCUT2D eigenvalue weighted by atomic mass is 9.96. The van der Waals surface area contributed by atoms with Crippen molar-refractivity contribution < 1.29 is 14.1 Å². The predicted octanol–water partition coefficient (Wildman–Crippen LogP) is 5.70. The SMILES string of the molecule is Cc1ccc(S(=O)Nc2ccc(-c3cccc(C(=O)O)c3)c3ccccc23)c(Cl)n1. The van der Waals surface area contributed by atoms with Crippen LogP contribution in [0.4, 0.5) is 5.69 Å². The fourth-order valence-electron chi connectivity index (χ4n) is 3.26. The molecule has 0 aliphatic heterocycles.